The number of sulfonamides is 1. The summed E-state index contributed by atoms with van der Waals surface area (Å²) < 4.78 is 26.8. The molecule has 1 aliphatic rings. The van der Waals surface area contributed by atoms with Gasteiger partial charge in [-0.1, -0.05) is 13.8 Å². The van der Waals surface area contributed by atoms with Crippen molar-refractivity contribution in [2.45, 2.75) is 24.5 Å². The number of thioether (sulfide) groups is 1. The SMILES string of the molecule is CCN(CC)S(=O)(=O)c1ccc(CCN=C(N)N2CCSCC2)s1. The van der Waals surface area contributed by atoms with Crippen LogP contribution in [0.5, 0.6) is 0 Å². The Hall–Kier alpha value is -0.770. The van der Waals surface area contributed by atoms with Crippen LogP contribution >= 0.6 is 23.1 Å². The molecular weight excluding hydrogens is 364 g/mol. The number of hydrogen-bond donors (Lipinski definition) is 1. The Balaban J connectivity index is 1.94. The first-order valence-electron chi connectivity index (χ1n) is 8.20. The molecule has 9 heteroatoms. The lowest BCUT2D eigenvalue weighted by Gasteiger charge is -2.27. The van der Waals surface area contributed by atoms with Crippen LogP contribution in [0.1, 0.15) is 18.7 Å². The molecule has 6 nitrogen and oxygen atoms in total. The normalized spacial score (nSPS) is 16.8. The Bertz CT molecular complexity index is 647. The highest BCUT2D eigenvalue weighted by Gasteiger charge is 2.23. The fraction of sp³-hybridized carbons (Fsp3) is 0.667. The molecule has 0 unspecified atom stereocenters. The number of nitrogens with zero attached hydrogens (tertiary/aromatic N) is 3. The molecule has 0 aromatic carbocycles. The topological polar surface area (TPSA) is 79.0 Å². The van der Waals surface area contributed by atoms with E-state index in [0.29, 0.717) is 36.2 Å². The molecule has 0 radical (unpaired) electrons. The zero-order chi connectivity index (χ0) is 17.6. The monoisotopic (exact) mass is 390 g/mol. The van der Waals surface area contributed by atoms with E-state index in [9.17, 15) is 8.42 Å². The van der Waals surface area contributed by atoms with Crippen molar-refractivity contribution in [1.82, 2.24) is 9.21 Å². The van der Waals surface area contributed by atoms with E-state index in [4.69, 9.17) is 5.73 Å². The van der Waals surface area contributed by atoms with E-state index in [1.54, 1.807) is 6.07 Å². The number of thiophene rings is 1. The molecule has 2 rings (SSSR count). The quantitative estimate of drug-likeness (QED) is 0.566. The maximum absolute atomic E-state index is 12.5. The first-order chi connectivity index (χ1) is 11.5. The minimum absolute atomic E-state index is 0.409. The third kappa shape index (κ3) is 4.87. The van der Waals surface area contributed by atoms with Crippen LogP contribution in [-0.2, 0) is 16.4 Å². The summed E-state index contributed by atoms with van der Waals surface area (Å²) in [5.41, 5.74) is 6.03. The molecule has 0 atom stereocenters. The van der Waals surface area contributed by atoms with Crippen molar-refractivity contribution in [3.63, 3.8) is 0 Å². The van der Waals surface area contributed by atoms with Crippen molar-refractivity contribution < 1.29 is 8.42 Å². The lowest BCUT2D eigenvalue weighted by molar-refractivity contribution is 0.447. The van der Waals surface area contributed by atoms with Crippen LogP contribution in [0.25, 0.3) is 0 Å². The van der Waals surface area contributed by atoms with Gasteiger partial charge in [0.15, 0.2) is 5.96 Å². The number of guanidine groups is 1. The fourth-order valence-corrected chi connectivity index (χ4v) is 6.36. The van der Waals surface area contributed by atoms with Crippen LogP contribution < -0.4 is 5.73 Å². The highest BCUT2D eigenvalue weighted by Crippen LogP contribution is 2.25. The van der Waals surface area contributed by atoms with Gasteiger partial charge in [0, 0.05) is 55.5 Å². The first kappa shape index (κ1) is 19.6. The summed E-state index contributed by atoms with van der Waals surface area (Å²) in [7, 11) is -3.36. The molecule has 0 aliphatic carbocycles. The Morgan fingerprint density at radius 2 is 1.96 bits per heavy atom. The van der Waals surface area contributed by atoms with Crippen molar-refractivity contribution >= 4 is 39.1 Å². The highest BCUT2D eigenvalue weighted by atomic mass is 32.2. The third-order valence-corrected chi connectivity index (χ3v) is 8.51. The number of aliphatic imine (C=N–C) groups is 1. The van der Waals surface area contributed by atoms with Gasteiger partial charge < -0.3 is 10.6 Å². The van der Waals surface area contributed by atoms with E-state index in [0.717, 1.165) is 29.5 Å². The standard InChI is InChI=1S/C15H26N4O2S3/c1-3-19(4-2)24(20,21)14-6-5-13(23-14)7-8-17-15(16)18-9-11-22-12-10-18/h5-6H,3-4,7-12H2,1-2H3,(H2,16,17). The molecule has 1 aliphatic heterocycles. The second-order valence-electron chi connectivity index (χ2n) is 5.40. The van der Waals surface area contributed by atoms with Crippen molar-refractivity contribution in [2.24, 2.45) is 10.7 Å². The average molecular weight is 391 g/mol. The van der Waals surface area contributed by atoms with Gasteiger partial charge in [0.25, 0.3) is 10.0 Å². The summed E-state index contributed by atoms with van der Waals surface area (Å²) in [5, 5.41) is 0. The predicted molar refractivity (Wildman–Crippen MR) is 104 cm³/mol. The van der Waals surface area contributed by atoms with Crippen LogP contribution in [-0.4, -0.2) is 67.8 Å². The molecule has 1 aromatic rings. The molecule has 0 bridgehead atoms. The second-order valence-corrected chi connectivity index (χ2v) is 9.96. The lowest BCUT2D eigenvalue weighted by atomic mass is 10.3. The van der Waals surface area contributed by atoms with Gasteiger partial charge in [-0.3, -0.25) is 4.99 Å². The number of nitrogens with two attached hydrogens (primary N) is 1. The summed E-state index contributed by atoms with van der Waals surface area (Å²) in [4.78, 5) is 7.57. The van der Waals surface area contributed by atoms with Gasteiger partial charge in [-0.15, -0.1) is 11.3 Å². The molecule has 24 heavy (non-hydrogen) atoms. The third-order valence-electron chi connectivity index (χ3n) is 3.90. The molecule has 2 heterocycles. The van der Waals surface area contributed by atoms with E-state index < -0.39 is 10.0 Å². The highest BCUT2D eigenvalue weighted by molar-refractivity contribution is 7.99. The van der Waals surface area contributed by atoms with E-state index >= 15 is 0 Å². The second kappa shape index (κ2) is 9.07. The Morgan fingerprint density at radius 1 is 1.29 bits per heavy atom. The largest absolute Gasteiger partial charge is 0.370 e. The Kier molecular flexibility index (Phi) is 7.39. The maximum Gasteiger partial charge on any atom is 0.252 e. The average Bonchev–Trinajstić information content (AvgIpc) is 3.06. The van der Waals surface area contributed by atoms with Gasteiger partial charge in [-0.25, -0.2) is 8.42 Å². The molecule has 0 amide bonds. The summed E-state index contributed by atoms with van der Waals surface area (Å²) in [6, 6.07) is 3.58. The first-order valence-corrected chi connectivity index (χ1v) is 11.6. The molecule has 0 saturated carbocycles. The molecule has 136 valence electrons. The van der Waals surface area contributed by atoms with Crippen LogP contribution in [0.2, 0.25) is 0 Å². The summed E-state index contributed by atoms with van der Waals surface area (Å²) in [5.74, 6) is 2.78. The molecule has 2 N–H and O–H groups in total. The Labute approximate surface area is 153 Å². The fourth-order valence-electron chi connectivity index (χ4n) is 2.50. The van der Waals surface area contributed by atoms with E-state index in [2.05, 4.69) is 9.89 Å². The van der Waals surface area contributed by atoms with Crippen LogP contribution in [0.15, 0.2) is 21.3 Å². The van der Waals surface area contributed by atoms with Gasteiger partial charge >= 0.3 is 0 Å². The van der Waals surface area contributed by atoms with Gasteiger partial charge in [0.05, 0.1) is 0 Å². The predicted octanol–water partition coefficient (Wildman–Crippen LogP) is 1.68. The van der Waals surface area contributed by atoms with Crippen LogP contribution in [0.4, 0.5) is 0 Å². The number of rotatable bonds is 7. The van der Waals surface area contributed by atoms with E-state index in [-0.39, 0.29) is 0 Å². The van der Waals surface area contributed by atoms with Gasteiger partial charge in [-0.05, 0) is 12.1 Å². The molecule has 1 aromatic heterocycles. The lowest BCUT2D eigenvalue weighted by Crippen LogP contribution is -2.42. The molecular formula is C15H26N4O2S3. The van der Waals surface area contributed by atoms with Gasteiger partial charge in [0.2, 0.25) is 0 Å². The zero-order valence-electron chi connectivity index (χ0n) is 14.3. The van der Waals surface area contributed by atoms with Gasteiger partial charge in [0.1, 0.15) is 4.21 Å². The summed E-state index contributed by atoms with van der Waals surface area (Å²) in [6.45, 7) is 7.16. The Morgan fingerprint density at radius 3 is 2.58 bits per heavy atom. The van der Waals surface area contributed by atoms with E-state index in [1.165, 1.54) is 15.6 Å². The van der Waals surface area contributed by atoms with Crippen LogP contribution in [0, 0.1) is 0 Å². The van der Waals surface area contributed by atoms with Crippen molar-refractivity contribution in [2.75, 3.05) is 44.2 Å². The summed E-state index contributed by atoms with van der Waals surface area (Å²) in [6.07, 6.45) is 0.710. The maximum atomic E-state index is 12.5. The molecule has 1 fully saturated rings. The van der Waals surface area contributed by atoms with Crippen molar-refractivity contribution in [3.8, 4) is 0 Å². The molecule has 1 saturated heterocycles. The number of hydrogen-bond acceptors (Lipinski definition) is 5. The zero-order valence-corrected chi connectivity index (χ0v) is 16.7. The van der Waals surface area contributed by atoms with E-state index in [1.807, 2.05) is 31.7 Å². The van der Waals surface area contributed by atoms with Crippen molar-refractivity contribution in [3.05, 3.63) is 17.0 Å². The smallest absolute Gasteiger partial charge is 0.252 e. The molecule has 0 spiro atoms. The van der Waals surface area contributed by atoms with Crippen molar-refractivity contribution in [1.29, 1.82) is 0 Å². The minimum Gasteiger partial charge on any atom is -0.370 e. The minimum atomic E-state index is -3.36. The van der Waals surface area contributed by atoms with Crippen LogP contribution in [0.3, 0.4) is 0 Å². The van der Waals surface area contributed by atoms with Gasteiger partial charge in [-0.2, -0.15) is 16.1 Å². The summed E-state index contributed by atoms with van der Waals surface area (Å²) >= 11 is 3.27.